The van der Waals surface area contributed by atoms with Gasteiger partial charge in [0.25, 0.3) is 0 Å². The molecule has 4 nitrogen and oxygen atoms in total. The Morgan fingerprint density at radius 1 is 0.889 bits per heavy atom. The Balaban J connectivity index is 2.17. The van der Waals surface area contributed by atoms with Crippen molar-refractivity contribution < 1.29 is 0 Å². The number of pyridine rings is 1. The number of rotatable bonds is 1. The first-order chi connectivity index (χ1) is 8.93. The molecule has 0 aliphatic carbocycles. The first-order valence-corrected chi connectivity index (χ1v) is 5.78. The molecule has 0 unspecified atom stereocenters. The summed E-state index contributed by atoms with van der Waals surface area (Å²) in [6, 6.07) is 12.2. The summed E-state index contributed by atoms with van der Waals surface area (Å²) in [6.07, 6.45) is 3.57. The van der Waals surface area contributed by atoms with Crippen LogP contribution in [0.2, 0.25) is 0 Å². The van der Waals surface area contributed by atoms with Crippen LogP contribution in [0.1, 0.15) is 0 Å². The van der Waals surface area contributed by atoms with Crippen LogP contribution in [0, 0.1) is 0 Å². The lowest BCUT2D eigenvalue weighted by molar-refractivity contribution is 1.09. The number of fused-ring (bicyclic) bond motifs is 3. The second-order valence-electron chi connectivity index (χ2n) is 4.22. The van der Waals surface area contributed by atoms with Gasteiger partial charge < -0.3 is 4.98 Å². The van der Waals surface area contributed by atoms with Gasteiger partial charge in [0, 0.05) is 28.7 Å². The molecule has 0 spiro atoms. The van der Waals surface area contributed by atoms with Gasteiger partial charge in [0.2, 0.25) is 0 Å². The summed E-state index contributed by atoms with van der Waals surface area (Å²) >= 11 is 0. The largest absolute Gasteiger partial charge is 0.353 e. The lowest BCUT2D eigenvalue weighted by Gasteiger charge is -1.98. The third-order valence-electron chi connectivity index (χ3n) is 3.18. The van der Waals surface area contributed by atoms with E-state index in [1.165, 1.54) is 10.8 Å². The Kier molecular flexibility index (Phi) is 1.80. The van der Waals surface area contributed by atoms with E-state index in [0.717, 1.165) is 22.4 Å². The molecule has 0 bridgehead atoms. The van der Waals surface area contributed by atoms with E-state index in [0.29, 0.717) is 0 Å². The van der Waals surface area contributed by atoms with E-state index in [4.69, 9.17) is 0 Å². The second-order valence-corrected chi connectivity index (χ2v) is 4.22. The average Bonchev–Trinajstić information content (AvgIpc) is 3.05. The van der Waals surface area contributed by atoms with Crippen molar-refractivity contribution in [2.24, 2.45) is 0 Å². The molecule has 3 aromatic heterocycles. The van der Waals surface area contributed by atoms with Crippen LogP contribution in [-0.2, 0) is 0 Å². The molecule has 0 aliphatic heterocycles. The van der Waals surface area contributed by atoms with Gasteiger partial charge in [-0.05, 0) is 18.2 Å². The van der Waals surface area contributed by atoms with Crippen LogP contribution < -0.4 is 0 Å². The minimum absolute atomic E-state index is 0.904. The molecule has 0 atom stereocenters. The van der Waals surface area contributed by atoms with Gasteiger partial charge in [0.1, 0.15) is 5.69 Å². The molecular formula is C14H10N4. The third kappa shape index (κ3) is 1.20. The Morgan fingerprint density at radius 3 is 2.72 bits per heavy atom. The smallest absolute Gasteiger partial charge is 0.112 e. The Bertz CT molecular complexity index is 827. The number of aromatic nitrogens is 4. The van der Waals surface area contributed by atoms with Crippen LogP contribution in [0.25, 0.3) is 33.2 Å². The maximum Gasteiger partial charge on any atom is 0.112 e. The van der Waals surface area contributed by atoms with E-state index in [9.17, 15) is 0 Å². The molecule has 4 heteroatoms. The van der Waals surface area contributed by atoms with E-state index in [1.807, 2.05) is 30.5 Å². The minimum Gasteiger partial charge on any atom is -0.353 e. The fourth-order valence-electron chi connectivity index (χ4n) is 2.37. The van der Waals surface area contributed by atoms with Crippen molar-refractivity contribution in [1.82, 2.24) is 20.2 Å². The molecular weight excluding hydrogens is 224 g/mol. The van der Waals surface area contributed by atoms with E-state index >= 15 is 0 Å². The zero-order valence-electron chi connectivity index (χ0n) is 9.51. The summed E-state index contributed by atoms with van der Waals surface area (Å²) < 4.78 is 0. The van der Waals surface area contributed by atoms with Crippen molar-refractivity contribution in [2.75, 3.05) is 0 Å². The number of nitrogens with zero attached hydrogens (tertiary/aromatic N) is 2. The van der Waals surface area contributed by atoms with Gasteiger partial charge in [-0.3, -0.25) is 10.1 Å². The highest BCUT2D eigenvalue weighted by molar-refractivity contribution is 6.10. The third-order valence-corrected chi connectivity index (χ3v) is 3.18. The monoisotopic (exact) mass is 234 g/mol. The van der Waals surface area contributed by atoms with Crippen molar-refractivity contribution in [3.63, 3.8) is 0 Å². The lowest BCUT2D eigenvalue weighted by atomic mass is 10.1. The molecule has 1 aromatic carbocycles. The Hall–Kier alpha value is -2.62. The van der Waals surface area contributed by atoms with Gasteiger partial charge in [-0.15, -0.1) is 0 Å². The number of hydrogen-bond donors (Lipinski definition) is 2. The molecule has 86 valence electrons. The maximum absolute atomic E-state index is 4.44. The van der Waals surface area contributed by atoms with Crippen LogP contribution >= 0.6 is 0 Å². The topological polar surface area (TPSA) is 57.4 Å². The Labute approximate surface area is 103 Å². The molecule has 4 rings (SSSR count). The molecule has 0 aliphatic rings. The fraction of sp³-hybridized carbons (Fsp3) is 0. The molecule has 4 aromatic rings. The number of nitrogens with one attached hydrogen (secondary N) is 2. The summed E-state index contributed by atoms with van der Waals surface area (Å²) in [5.74, 6) is 0. The number of para-hydroxylation sites is 1. The molecule has 0 amide bonds. The van der Waals surface area contributed by atoms with Crippen molar-refractivity contribution in [3.8, 4) is 11.4 Å². The first-order valence-electron chi connectivity index (χ1n) is 5.78. The van der Waals surface area contributed by atoms with Crippen molar-refractivity contribution in [3.05, 3.63) is 48.8 Å². The van der Waals surface area contributed by atoms with E-state index in [-0.39, 0.29) is 0 Å². The summed E-state index contributed by atoms with van der Waals surface area (Å²) in [4.78, 5) is 7.87. The predicted octanol–water partition coefficient (Wildman–Crippen LogP) is 3.11. The predicted molar refractivity (Wildman–Crippen MR) is 71.2 cm³/mol. The highest BCUT2D eigenvalue weighted by Crippen LogP contribution is 2.30. The summed E-state index contributed by atoms with van der Waals surface area (Å²) in [5.41, 5.74) is 4.00. The number of hydrogen-bond acceptors (Lipinski definition) is 2. The summed E-state index contributed by atoms with van der Waals surface area (Å²) in [5, 5.41) is 9.34. The number of aromatic amines is 2. The zero-order chi connectivity index (χ0) is 11.9. The molecule has 0 fully saturated rings. The normalized spacial score (nSPS) is 11.3. The molecule has 18 heavy (non-hydrogen) atoms. The summed E-state index contributed by atoms with van der Waals surface area (Å²) in [7, 11) is 0. The number of H-pyrrole nitrogens is 2. The van der Waals surface area contributed by atoms with Crippen LogP contribution in [0.15, 0.2) is 48.8 Å². The van der Waals surface area contributed by atoms with Gasteiger partial charge >= 0.3 is 0 Å². The van der Waals surface area contributed by atoms with Crippen molar-refractivity contribution in [2.45, 2.75) is 0 Å². The standard InChI is InChI=1S/C14H10N4/c1-2-4-11-9(3-1)10-5-7-15-14(13(10)17-11)12-6-8-16-18-12/h1-8,17H,(H,16,18). The van der Waals surface area contributed by atoms with E-state index in [1.54, 1.807) is 6.20 Å². The number of benzene rings is 1. The Morgan fingerprint density at radius 2 is 1.83 bits per heavy atom. The zero-order valence-corrected chi connectivity index (χ0v) is 9.51. The average molecular weight is 234 g/mol. The van der Waals surface area contributed by atoms with Gasteiger partial charge in [0.15, 0.2) is 0 Å². The molecule has 2 N–H and O–H groups in total. The van der Waals surface area contributed by atoms with E-state index in [2.05, 4.69) is 32.3 Å². The van der Waals surface area contributed by atoms with Crippen LogP contribution in [-0.4, -0.2) is 20.2 Å². The van der Waals surface area contributed by atoms with E-state index < -0.39 is 0 Å². The van der Waals surface area contributed by atoms with Crippen LogP contribution in [0.4, 0.5) is 0 Å². The maximum atomic E-state index is 4.44. The summed E-state index contributed by atoms with van der Waals surface area (Å²) in [6.45, 7) is 0. The quantitative estimate of drug-likeness (QED) is 0.531. The van der Waals surface area contributed by atoms with Gasteiger partial charge in [-0.25, -0.2) is 0 Å². The van der Waals surface area contributed by atoms with Crippen molar-refractivity contribution >= 4 is 21.8 Å². The van der Waals surface area contributed by atoms with Crippen LogP contribution in [0.5, 0.6) is 0 Å². The minimum atomic E-state index is 0.904. The fourth-order valence-corrected chi connectivity index (χ4v) is 2.37. The van der Waals surface area contributed by atoms with Gasteiger partial charge in [-0.1, -0.05) is 18.2 Å². The molecule has 0 saturated carbocycles. The van der Waals surface area contributed by atoms with Crippen molar-refractivity contribution in [1.29, 1.82) is 0 Å². The van der Waals surface area contributed by atoms with Crippen LogP contribution in [0.3, 0.4) is 0 Å². The van der Waals surface area contributed by atoms with Gasteiger partial charge in [0.05, 0.1) is 11.2 Å². The molecule has 3 heterocycles. The van der Waals surface area contributed by atoms with Gasteiger partial charge in [-0.2, -0.15) is 5.10 Å². The second kappa shape index (κ2) is 3.43. The lowest BCUT2D eigenvalue weighted by Crippen LogP contribution is -1.85. The highest BCUT2D eigenvalue weighted by atomic mass is 15.1. The first kappa shape index (κ1) is 9.41. The molecule has 0 saturated heterocycles. The SMILES string of the molecule is c1ccc2c(c1)[nH]c1c(-c3ccn[nH]3)nccc12. The highest BCUT2D eigenvalue weighted by Gasteiger charge is 2.10. The molecule has 0 radical (unpaired) electrons.